The molecule has 1 aliphatic rings. The van der Waals surface area contributed by atoms with E-state index in [1.807, 2.05) is 24.5 Å². The molecule has 18 heavy (non-hydrogen) atoms. The number of pyridine rings is 1. The summed E-state index contributed by atoms with van der Waals surface area (Å²) in [4.78, 5) is 18.0. The Labute approximate surface area is 106 Å². The fourth-order valence-corrected chi connectivity index (χ4v) is 2.80. The van der Waals surface area contributed by atoms with Crippen molar-refractivity contribution in [3.63, 3.8) is 0 Å². The molecule has 2 aromatic heterocycles. The predicted molar refractivity (Wildman–Crippen MR) is 70.1 cm³/mol. The van der Waals surface area contributed by atoms with Crippen molar-refractivity contribution in [2.75, 3.05) is 19.6 Å². The summed E-state index contributed by atoms with van der Waals surface area (Å²) >= 11 is 0. The number of rotatable bonds is 3. The molecule has 1 saturated heterocycles. The molecule has 0 radical (unpaired) electrons. The van der Waals surface area contributed by atoms with Gasteiger partial charge >= 0.3 is 0 Å². The molecule has 0 amide bonds. The number of aromatic nitrogens is 2. The lowest BCUT2D eigenvalue weighted by molar-refractivity contribution is 0.112. The average molecular weight is 243 g/mol. The minimum absolute atomic E-state index is 0.481. The second-order valence-corrected chi connectivity index (χ2v) is 4.83. The van der Waals surface area contributed by atoms with Crippen molar-refractivity contribution in [2.45, 2.75) is 19.3 Å². The van der Waals surface area contributed by atoms with Gasteiger partial charge in [0.2, 0.25) is 0 Å². The monoisotopic (exact) mass is 243 g/mol. The van der Waals surface area contributed by atoms with Gasteiger partial charge in [-0.25, -0.2) is 4.98 Å². The maximum Gasteiger partial charge on any atom is 0.152 e. The fourth-order valence-electron chi connectivity index (χ4n) is 2.80. The Morgan fingerprint density at radius 1 is 1.56 bits per heavy atom. The SMILES string of the molecule is CCN1CCC(c2ncc3c(C=O)cccn23)C1. The largest absolute Gasteiger partial charge is 0.303 e. The van der Waals surface area contributed by atoms with E-state index in [-0.39, 0.29) is 0 Å². The molecule has 0 saturated carbocycles. The Hall–Kier alpha value is -1.68. The van der Waals surface area contributed by atoms with E-state index in [4.69, 9.17) is 0 Å². The first-order valence-electron chi connectivity index (χ1n) is 6.47. The van der Waals surface area contributed by atoms with Crippen LogP contribution in [0.15, 0.2) is 24.5 Å². The number of hydrogen-bond donors (Lipinski definition) is 0. The Morgan fingerprint density at radius 2 is 2.44 bits per heavy atom. The summed E-state index contributed by atoms with van der Waals surface area (Å²) in [7, 11) is 0. The van der Waals surface area contributed by atoms with Crippen molar-refractivity contribution < 1.29 is 4.79 Å². The lowest BCUT2D eigenvalue weighted by Crippen LogP contribution is -2.19. The van der Waals surface area contributed by atoms with Crippen molar-refractivity contribution in [3.05, 3.63) is 35.9 Å². The third-order valence-electron chi connectivity index (χ3n) is 3.84. The quantitative estimate of drug-likeness (QED) is 0.773. The lowest BCUT2D eigenvalue weighted by Gasteiger charge is -2.12. The molecule has 3 rings (SSSR count). The van der Waals surface area contributed by atoms with Gasteiger partial charge in [-0.3, -0.25) is 4.79 Å². The maximum atomic E-state index is 11.0. The highest BCUT2D eigenvalue weighted by Crippen LogP contribution is 2.27. The number of carbonyl (C=O) groups excluding carboxylic acids is 1. The van der Waals surface area contributed by atoms with Gasteiger partial charge in [0.15, 0.2) is 6.29 Å². The van der Waals surface area contributed by atoms with Gasteiger partial charge in [0.05, 0.1) is 11.7 Å². The Morgan fingerprint density at radius 3 is 3.17 bits per heavy atom. The first-order chi connectivity index (χ1) is 8.83. The molecule has 1 fully saturated rings. The van der Waals surface area contributed by atoms with Crippen molar-refractivity contribution in [3.8, 4) is 0 Å². The standard InChI is InChI=1S/C14H17N3O/c1-2-16-7-5-11(9-16)14-15-8-13-12(10-18)4-3-6-17(13)14/h3-4,6,8,10-11H,2,5,7,9H2,1H3. The molecule has 0 bridgehead atoms. The van der Waals surface area contributed by atoms with Crippen LogP contribution in [-0.4, -0.2) is 40.2 Å². The van der Waals surface area contributed by atoms with Gasteiger partial charge in [-0.05, 0) is 31.6 Å². The number of carbonyl (C=O) groups is 1. The summed E-state index contributed by atoms with van der Waals surface area (Å²) in [6.45, 7) is 5.50. The van der Waals surface area contributed by atoms with Crippen LogP contribution in [0.4, 0.5) is 0 Å². The molecule has 4 nitrogen and oxygen atoms in total. The summed E-state index contributed by atoms with van der Waals surface area (Å²) in [5.41, 5.74) is 1.62. The van der Waals surface area contributed by atoms with Gasteiger partial charge in [-0.15, -0.1) is 0 Å². The van der Waals surface area contributed by atoms with Gasteiger partial charge in [0.25, 0.3) is 0 Å². The van der Waals surface area contributed by atoms with Crippen LogP contribution in [0.3, 0.4) is 0 Å². The van der Waals surface area contributed by atoms with Crippen LogP contribution in [-0.2, 0) is 0 Å². The van der Waals surface area contributed by atoms with Crippen LogP contribution in [0, 0.1) is 0 Å². The average Bonchev–Trinajstić information content (AvgIpc) is 3.03. The zero-order valence-electron chi connectivity index (χ0n) is 10.5. The van der Waals surface area contributed by atoms with Crippen molar-refractivity contribution >= 4 is 11.8 Å². The summed E-state index contributed by atoms with van der Waals surface area (Å²) in [6, 6.07) is 3.75. The number of aldehydes is 1. The third-order valence-corrected chi connectivity index (χ3v) is 3.84. The van der Waals surface area contributed by atoms with E-state index < -0.39 is 0 Å². The first kappa shape index (κ1) is 11.4. The van der Waals surface area contributed by atoms with E-state index in [2.05, 4.69) is 21.2 Å². The summed E-state index contributed by atoms with van der Waals surface area (Å²) in [5, 5.41) is 0. The van der Waals surface area contributed by atoms with Crippen LogP contribution in [0.2, 0.25) is 0 Å². The Balaban J connectivity index is 2.01. The molecule has 2 aromatic rings. The number of likely N-dealkylation sites (N-methyl/N-ethyl adjacent to an activating group) is 1. The highest BCUT2D eigenvalue weighted by atomic mass is 16.1. The number of hydrogen-bond acceptors (Lipinski definition) is 3. The van der Waals surface area contributed by atoms with Gasteiger partial charge in [0, 0.05) is 24.2 Å². The second-order valence-electron chi connectivity index (χ2n) is 4.83. The van der Waals surface area contributed by atoms with Gasteiger partial charge < -0.3 is 9.30 Å². The number of imidazole rings is 1. The molecular weight excluding hydrogens is 226 g/mol. The first-order valence-corrected chi connectivity index (χ1v) is 6.47. The highest BCUT2D eigenvalue weighted by molar-refractivity contribution is 5.85. The summed E-state index contributed by atoms with van der Waals surface area (Å²) in [6.07, 6.45) is 5.86. The molecule has 94 valence electrons. The minimum Gasteiger partial charge on any atom is -0.303 e. The zero-order valence-corrected chi connectivity index (χ0v) is 10.5. The summed E-state index contributed by atoms with van der Waals surface area (Å²) in [5.74, 6) is 1.57. The molecule has 0 spiro atoms. The van der Waals surface area contributed by atoms with E-state index in [9.17, 15) is 4.79 Å². The van der Waals surface area contributed by atoms with E-state index in [1.54, 1.807) is 0 Å². The zero-order chi connectivity index (χ0) is 12.5. The van der Waals surface area contributed by atoms with Crippen molar-refractivity contribution in [1.82, 2.24) is 14.3 Å². The van der Waals surface area contributed by atoms with Crippen LogP contribution in [0.5, 0.6) is 0 Å². The van der Waals surface area contributed by atoms with E-state index >= 15 is 0 Å². The number of likely N-dealkylation sites (tertiary alicyclic amines) is 1. The van der Waals surface area contributed by atoms with Gasteiger partial charge in [-0.1, -0.05) is 6.92 Å². The van der Waals surface area contributed by atoms with Crippen LogP contribution in [0.25, 0.3) is 5.52 Å². The van der Waals surface area contributed by atoms with Crippen LogP contribution < -0.4 is 0 Å². The topological polar surface area (TPSA) is 37.6 Å². The van der Waals surface area contributed by atoms with Gasteiger partial charge in [-0.2, -0.15) is 0 Å². The Bertz CT molecular complexity index is 575. The molecule has 1 aliphatic heterocycles. The lowest BCUT2D eigenvalue weighted by atomic mass is 10.1. The fraction of sp³-hybridized carbons (Fsp3) is 0.429. The van der Waals surface area contributed by atoms with E-state index in [0.29, 0.717) is 11.5 Å². The molecule has 1 unspecified atom stereocenters. The summed E-state index contributed by atoms with van der Waals surface area (Å²) < 4.78 is 2.06. The third kappa shape index (κ3) is 1.73. The normalized spacial score (nSPS) is 20.6. The molecule has 4 heteroatoms. The van der Waals surface area contributed by atoms with Crippen LogP contribution >= 0.6 is 0 Å². The van der Waals surface area contributed by atoms with E-state index in [0.717, 1.165) is 43.7 Å². The van der Waals surface area contributed by atoms with E-state index in [1.165, 1.54) is 0 Å². The van der Waals surface area contributed by atoms with Crippen LogP contribution in [0.1, 0.15) is 35.4 Å². The minimum atomic E-state index is 0.481. The molecular formula is C14H17N3O. The molecule has 0 aliphatic carbocycles. The van der Waals surface area contributed by atoms with Crippen molar-refractivity contribution in [2.24, 2.45) is 0 Å². The smallest absolute Gasteiger partial charge is 0.152 e. The molecule has 0 N–H and O–H groups in total. The molecule has 0 aromatic carbocycles. The Kier molecular flexibility index (Phi) is 2.88. The van der Waals surface area contributed by atoms with Crippen molar-refractivity contribution in [1.29, 1.82) is 0 Å². The molecule has 3 heterocycles. The predicted octanol–water partition coefficient (Wildman–Crippen LogP) is 1.96. The maximum absolute atomic E-state index is 11.0. The number of nitrogens with zero attached hydrogens (tertiary/aromatic N) is 3. The second kappa shape index (κ2) is 4.53. The highest BCUT2D eigenvalue weighted by Gasteiger charge is 2.26. The van der Waals surface area contributed by atoms with Gasteiger partial charge in [0.1, 0.15) is 5.82 Å². The molecule has 1 atom stereocenters. The number of fused-ring (bicyclic) bond motifs is 1.